The third-order valence-electron chi connectivity index (χ3n) is 6.18. The molecule has 1 fully saturated rings. The van der Waals surface area contributed by atoms with Gasteiger partial charge < -0.3 is 15.2 Å². The number of carbonyl (C=O) groups is 1. The lowest BCUT2D eigenvalue weighted by Crippen LogP contribution is -2.26. The largest absolute Gasteiger partial charge is 0.384 e. The van der Waals surface area contributed by atoms with Crippen molar-refractivity contribution in [3.63, 3.8) is 0 Å². The van der Waals surface area contributed by atoms with Crippen molar-refractivity contribution in [3.8, 4) is 22.6 Å². The monoisotopic (exact) mass is 457 g/mol. The minimum atomic E-state index is -0.0388. The van der Waals surface area contributed by atoms with E-state index in [9.17, 15) is 4.79 Å². The second-order valence-electron chi connectivity index (χ2n) is 8.98. The molecule has 0 saturated heterocycles. The van der Waals surface area contributed by atoms with Crippen LogP contribution in [0.5, 0.6) is 0 Å². The third-order valence-corrected chi connectivity index (χ3v) is 6.18. The number of aromatic nitrogens is 5. The minimum Gasteiger partial charge on any atom is -0.384 e. The Morgan fingerprint density at radius 2 is 1.91 bits per heavy atom. The fourth-order valence-corrected chi connectivity index (χ4v) is 4.14. The van der Waals surface area contributed by atoms with Crippen molar-refractivity contribution >= 4 is 11.7 Å². The molecule has 0 bridgehead atoms. The Kier molecular flexibility index (Phi) is 5.61. The first kappa shape index (κ1) is 21.8. The highest BCUT2D eigenvalue weighted by molar-refractivity contribution is 5.75. The maximum atomic E-state index is 11.9. The molecule has 0 radical (unpaired) electrons. The van der Waals surface area contributed by atoms with Crippen LogP contribution in [0, 0.1) is 12.8 Å². The Morgan fingerprint density at radius 3 is 2.59 bits per heavy atom. The highest BCUT2D eigenvalue weighted by Gasteiger charge is 2.36. The van der Waals surface area contributed by atoms with E-state index in [2.05, 4.69) is 39.5 Å². The molecule has 174 valence electrons. The summed E-state index contributed by atoms with van der Waals surface area (Å²) in [4.78, 5) is 22.5. The van der Waals surface area contributed by atoms with E-state index in [0.29, 0.717) is 29.0 Å². The van der Waals surface area contributed by atoms with Gasteiger partial charge in [-0.05, 0) is 48.9 Å². The van der Waals surface area contributed by atoms with Crippen LogP contribution in [0.1, 0.15) is 35.8 Å². The zero-order chi connectivity index (χ0) is 23.8. The molecule has 1 atom stereocenters. The van der Waals surface area contributed by atoms with Gasteiger partial charge >= 0.3 is 0 Å². The van der Waals surface area contributed by atoms with Gasteiger partial charge in [0.25, 0.3) is 5.89 Å². The lowest BCUT2D eigenvalue weighted by molar-refractivity contribution is -0.129. The van der Waals surface area contributed by atoms with Gasteiger partial charge in [-0.1, -0.05) is 29.4 Å². The fourth-order valence-electron chi connectivity index (χ4n) is 4.14. The van der Waals surface area contributed by atoms with Crippen molar-refractivity contribution in [2.45, 2.75) is 32.2 Å². The van der Waals surface area contributed by atoms with E-state index >= 15 is 0 Å². The number of hydrogen-bond donors (Lipinski definition) is 1. The summed E-state index contributed by atoms with van der Waals surface area (Å²) in [5, 5.41) is 8.57. The maximum Gasteiger partial charge on any atom is 0.261 e. The highest BCUT2D eigenvalue weighted by Crippen LogP contribution is 2.46. The number of nitrogens with zero attached hydrogens (tertiary/aromatic N) is 6. The molecular weight excluding hydrogens is 430 g/mol. The lowest BCUT2D eigenvalue weighted by atomic mass is 9.91. The molecule has 1 saturated carbocycles. The van der Waals surface area contributed by atoms with Crippen molar-refractivity contribution in [1.82, 2.24) is 29.8 Å². The number of amides is 1. The quantitative estimate of drug-likeness (QED) is 0.451. The van der Waals surface area contributed by atoms with E-state index in [1.54, 1.807) is 31.2 Å². The molecule has 0 aliphatic heterocycles. The average molecular weight is 458 g/mol. The molecule has 5 rings (SSSR count). The minimum absolute atomic E-state index is 0.0388. The van der Waals surface area contributed by atoms with Crippen molar-refractivity contribution in [3.05, 3.63) is 65.9 Å². The van der Waals surface area contributed by atoms with Gasteiger partial charge in [-0.3, -0.25) is 9.48 Å². The van der Waals surface area contributed by atoms with Crippen LogP contribution in [0.25, 0.3) is 22.6 Å². The van der Waals surface area contributed by atoms with Crippen molar-refractivity contribution in [2.75, 3.05) is 19.8 Å². The number of aryl methyl sites for hydroxylation is 1. The molecule has 0 unspecified atom stereocenters. The van der Waals surface area contributed by atoms with Crippen molar-refractivity contribution in [1.29, 1.82) is 0 Å². The van der Waals surface area contributed by atoms with Crippen molar-refractivity contribution in [2.24, 2.45) is 5.92 Å². The Hall–Kier alpha value is -4.01. The Bertz CT molecular complexity index is 1320. The van der Waals surface area contributed by atoms with E-state index in [4.69, 9.17) is 15.2 Å². The summed E-state index contributed by atoms with van der Waals surface area (Å²) in [5.41, 5.74) is 10.7. The lowest BCUT2D eigenvalue weighted by Gasteiger charge is -2.14. The summed E-state index contributed by atoms with van der Waals surface area (Å²) < 4.78 is 7.16. The number of carbonyl (C=O) groups excluding carboxylic acids is 1. The second-order valence-corrected chi connectivity index (χ2v) is 8.98. The first-order chi connectivity index (χ1) is 16.4. The summed E-state index contributed by atoms with van der Waals surface area (Å²) in [6.45, 7) is 2.13. The van der Waals surface area contributed by atoms with Crippen LogP contribution >= 0.6 is 0 Å². The summed E-state index contributed by atoms with van der Waals surface area (Å²) in [7, 11) is 3.44. The van der Waals surface area contributed by atoms with Gasteiger partial charge in [-0.15, -0.1) is 0 Å². The topological polar surface area (TPSA) is 116 Å². The van der Waals surface area contributed by atoms with Crippen LogP contribution in [0.15, 0.2) is 53.3 Å². The first-order valence-electron chi connectivity index (χ1n) is 11.3. The van der Waals surface area contributed by atoms with Gasteiger partial charge in [0.1, 0.15) is 12.4 Å². The normalized spacial score (nSPS) is 14.2. The number of benzene rings is 1. The molecule has 3 heterocycles. The average Bonchev–Trinajstić information content (AvgIpc) is 3.33. The standard InChI is InChI=1S/C25H27N7O2/c1-15-20(10-11-21(26)28-15)16-4-6-17(7-5-16)23(18-8-9-18)24-29-25(34-30-24)19-12-27-32(13-19)14-22(33)31(2)3/h4-7,10-13,18,23H,8-9,14H2,1-3H3,(H2,26,28)/t23-/m0/s1. The number of anilines is 1. The second kappa shape index (κ2) is 8.74. The number of likely N-dealkylation sites (N-methyl/N-ethyl adjacent to an activating group) is 1. The van der Waals surface area contributed by atoms with Crippen LogP contribution in [0.3, 0.4) is 0 Å². The summed E-state index contributed by atoms with van der Waals surface area (Å²) in [6.07, 6.45) is 5.68. The van der Waals surface area contributed by atoms with Crippen LogP contribution in [-0.2, 0) is 11.3 Å². The zero-order valence-electron chi connectivity index (χ0n) is 19.5. The van der Waals surface area contributed by atoms with Crippen LogP contribution in [0.2, 0.25) is 0 Å². The van der Waals surface area contributed by atoms with Crippen LogP contribution < -0.4 is 5.73 Å². The Labute approximate surface area is 197 Å². The first-order valence-corrected chi connectivity index (χ1v) is 11.3. The highest BCUT2D eigenvalue weighted by atomic mass is 16.5. The Balaban J connectivity index is 1.38. The van der Waals surface area contributed by atoms with Gasteiger partial charge in [-0.2, -0.15) is 10.1 Å². The Morgan fingerprint density at radius 1 is 1.15 bits per heavy atom. The molecular formula is C25H27N7O2. The molecule has 1 aliphatic rings. The van der Waals surface area contributed by atoms with E-state index in [1.807, 2.05) is 19.1 Å². The van der Waals surface area contributed by atoms with Crippen molar-refractivity contribution < 1.29 is 9.32 Å². The molecule has 2 N–H and O–H groups in total. The number of rotatable bonds is 7. The number of nitrogens with two attached hydrogens (primary N) is 1. The molecule has 4 aromatic rings. The zero-order valence-corrected chi connectivity index (χ0v) is 19.5. The van der Waals surface area contributed by atoms with Crippen LogP contribution in [0.4, 0.5) is 5.82 Å². The molecule has 3 aromatic heterocycles. The SMILES string of the molecule is Cc1nc(N)ccc1-c1ccc([C@H](c2noc(-c3cnn(CC(=O)N(C)C)c3)n2)C2CC2)cc1. The predicted molar refractivity (Wildman–Crippen MR) is 128 cm³/mol. The van der Waals surface area contributed by atoms with E-state index < -0.39 is 0 Å². The predicted octanol–water partition coefficient (Wildman–Crippen LogP) is 3.52. The molecule has 9 nitrogen and oxygen atoms in total. The number of hydrogen-bond acceptors (Lipinski definition) is 7. The molecule has 0 spiro atoms. The number of pyridine rings is 1. The summed E-state index contributed by atoms with van der Waals surface area (Å²) in [6, 6.07) is 12.3. The number of nitrogen functional groups attached to an aromatic ring is 1. The maximum absolute atomic E-state index is 11.9. The summed E-state index contributed by atoms with van der Waals surface area (Å²) >= 11 is 0. The van der Waals surface area contributed by atoms with Gasteiger partial charge in [-0.25, -0.2) is 4.98 Å². The van der Waals surface area contributed by atoms with Gasteiger partial charge in [0.15, 0.2) is 5.82 Å². The van der Waals surface area contributed by atoms with E-state index in [-0.39, 0.29) is 18.4 Å². The fraction of sp³-hybridized carbons (Fsp3) is 0.320. The van der Waals surface area contributed by atoms with E-state index in [1.165, 1.54) is 4.90 Å². The van der Waals surface area contributed by atoms with Gasteiger partial charge in [0, 0.05) is 31.5 Å². The van der Waals surface area contributed by atoms with Gasteiger partial charge in [0.2, 0.25) is 5.91 Å². The molecule has 34 heavy (non-hydrogen) atoms. The third kappa shape index (κ3) is 4.41. The molecule has 1 aromatic carbocycles. The smallest absolute Gasteiger partial charge is 0.261 e. The van der Waals surface area contributed by atoms with Gasteiger partial charge in [0.05, 0.1) is 17.7 Å². The summed E-state index contributed by atoms with van der Waals surface area (Å²) in [5.74, 6) is 2.13. The molecule has 9 heteroatoms. The van der Waals surface area contributed by atoms with E-state index in [0.717, 1.165) is 35.2 Å². The molecule has 1 amide bonds. The van der Waals surface area contributed by atoms with Crippen LogP contribution in [-0.4, -0.2) is 49.8 Å². The molecule has 1 aliphatic carbocycles.